The highest BCUT2D eigenvalue weighted by Crippen LogP contribution is 2.39. The van der Waals surface area contributed by atoms with Gasteiger partial charge in [-0.3, -0.25) is 14.6 Å². The van der Waals surface area contributed by atoms with E-state index >= 15 is 0 Å². The Kier molecular flexibility index (Phi) is 7.37. The van der Waals surface area contributed by atoms with Crippen LogP contribution in [0.5, 0.6) is 5.88 Å². The van der Waals surface area contributed by atoms with Crippen LogP contribution in [0.1, 0.15) is 44.6 Å². The Hall–Kier alpha value is -5.08. The fraction of sp³-hybridized carbons (Fsp3) is 0.118. The third-order valence-corrected chi connectivity index (χ3v) is 7.77. The van der Waals surface area contributed by atoms with E-state index < -0.39 is 23.4 Å². The highest BCUT2D eigenvalue weighted by molar-refractivity contribution is 7.71. The summed E-state index contributed by atoms with van der Waals surface area (Å²) < 4.78 is 3.93. The van der Waals surface area contributed by atoms with Crippen LogP contribution in [0.4, 0.5) is 0 Å². The molecule has 0 bridgehead atoms. The Morgan fingerprint density at radius 1 is 0.881 bits per heavy atom. The fourth-order valence-electron chi connectivity index (χ4n) is 5.58. The van der Waals surface area contributed by atoms with Gasteiger partial charge in [-0.15, -0.1) is 0 Å². The average Bonchev–Trinajstić information content (AvgIpc) is 3.35. The molecule has 6 aromatic rings. The summed E-state index contributed by atoms with van der Waals surface area (Å²) in [6.07, 6.45) is 1.91. The lowest BCUT2D eigenvalue weighted by molar-refractivity contribution is -0.663. The standard InChI is InChI=1S/C34H28N4O3S/c1-22-16-18-24(19-17-22)28(29-32(40)35-34(42)36-33(29)41)30(31(39)25-12-6-3-7-13-25)38-21-37(20-23-10-4-2-5-11-23)26-14-8-9-15-27(26)38/h2-19,21,28,30H,20H2,1H3,(H2-,35,36,40,41,42). The summed E-state index contributed by atoms with van der Waals surface area (Å²) in [5.74, 6) is -1.77. The zero-order valence-electron chi connectivity index (χ0n) is 22.9. The molecule has 0 radical (unpaired) electrons. The molecule has 0 aliphatic carbocycles. The molecule has 0 aliphatic heterocycles. The van der Waals surface area contributed by atoms with Crippen LogP contribution in [0.15, 0.2) is 120 Å². The Morgan fingerprint density at radius 2 is 1.52 bits per heavy atom. The molecule has 2 unspecified atom stereocenters. The van der Waals surface area contributed by atoms with Gasteiger partial charge in [0.2, 0.25) is 12.1 Å². The number of imidazole rings is 1. The van der Waals surface area contributed by atoms with Crippen LogP contribution in [0.2, 0.25) is 0 Å². The lowest BCUT2D eigenvalue weighted by Crippen LogP contribution is -2.35. The number of aromatic nitrogens is 4. The minimum absolute atomic E-state index is 0.0607. The number of fused-ring (bicyclic) bond motifs is 1. The lowest BCUT2D eigenvalue weighted by Gasteiger charge is -2.27. The molecule has 2 N–H and O–H groups in total. The number of hydrogen-bond acceptors (Lipinski definition) is 4. The van der Waals surface area contributed by atoms with Crippen molar-refractivity contribution < 1.29 is 14.5 Å². The van der Waals surface area contributed by atoms with E-state index in [2.05, 4.69) is 26.7 Å². The van der Waals surface area contributed by atoms with Crippen LogP contribution in [0, 0.1) is 11.7 Å². The topological polar surface area (TPSA) is 97.6 Å². The van der Waals surface area contributed by atoms with Crippen molar-refractivity contribution in [2.75, 3.05) is 0 Å². The quantitative estimate of drug-likeness (QED) is 0.146. The third-order valence-electron chi connectivity index (χ3n) is 7.56. The molecule has 208 valence electrons. The number of nitrogens with zero attached hydrogens (tertiary/aromatic N) is 2. The minimum Gasteiger partial charge on any atom is -0.860 e. The van der Waals surface area contributed by atoms with Crippen molar-refractivity contribution in [1.82, 2.24) is 14.5 Å². The average molecular weight is 573 g/mol. The monoisotopic (exact) mass is 572 g/mol. The number of para-hydroxylation sites is 2. The van der Waals surface area contributed by atoms with Gasteiger partial charge in [0.15, 0.2) is 21.8 Å². The molecule has 2 aromatic heterocycles. The molecule has 0 spiro atoms. The number of carbonyl (C=O) groups is 1. The highest BCUT2D eigenvalue weighted by Gasteiger charge is 2.40. The molecular weight excluding hydrogens is 544 g/mol. The number of Topliss-reactive ketones (excluding diaryl/α,β-unsaturated/α-hetero) is 1. The minimum atomic E-state index is -0.977. The smallest absolute Gasteiger partial charge is 0.254 e. The van der Waals surface area contributed by atoms with E-state index in [1.807, 2.05) is 90.6 Å². The second-order valence-electron chi connectivity index (χ2n) is 10.3. The molecule has 7 nitrogen and oxygen atoms in total. The van der Waals surface area contributed by atoms with Crippen LogP contribution < -0.4 is 15.2 Å². The van der Waals surface area contributed by atoms with Crippen molar-refractivity contribution in [3.8, 4) is 5.88 Å². The Labute approximate surface area is 247 Å². The molecule has 2 heterocycles. The summed E-state index contributed by atoms with van der Waals surface area (Å²) in [7, 11) is 0. The Morgan fingerprint density at radius 3 is 2.21 bits per heavy atom. The van der Waals surface area contributed by atoms with E-state index in [4.69, 9.17) is 12.2 Å². The molecule has 6 rings (SSSR count). The predicted molar refractivity (Wildman–Crippen MR) is 162 cm³/mol. The first-order valence-electron chi connectivity index (χ1n) is 13.6. The molecule has 0 saturated heterocycles. The predicted octanol–water partition coefficient (Wildman–Crippen LogP) is 5.36. The van der Waals surface area contributed by atoms with E-state index in [-0.39, 0.29) is 16.1 Å². The summed E-state index contributed by atoms with van der Waals surface area (Å²) in [4.78, 5) is 33.3. The zero-order chi connectivity index (χ0) is 29.2. The van der Waals surface area contributed by atoms with Gasteiger partial charge < -0.3 is 10.1 Å². The first-order chi connectivity index (χ1) is 20.4. The molecule has 8 heteroatoms. The van der Waals surface area contributed by atoms with Gasteiger partial charge in [0, 0.05) is 11.1 Å². The van der Waals surface area contributed by atoms with Crippen molar-refractivity contribution in [2.24, 2.45) is 0 Å². The van der Waals surface area contributed by atoms with Gasteiger partial charge in [0.25, 0.3) is 5.56 Å². The van der Waals surface area contributed by atoms with E-state index in [1.54, 1.807) is 24.3 Å². The summed E-state index contributed by atoms with van der Waals surface area (Å²) in [5, 5.41) is 13.5. The summed E-state index contributed by atoms with van der Waals surface area (Å²) in [6.45, 7) is 2.53. The molecular formula is C34H28N4O3S. The fourth-order valence-corrected chi connectivity index (χ4v) is 5.76. The number of benzene rings is 4. The van der Waals surface area contributed by atoms with Crippen molar-refractivity contribution in [1.29, 1.82) is 0 Å². The number of aryl methyl sites for hydroxylation is 1. The number of rotatable bonds is 8. The van der Waals surface area contributed by atoms with Crippen LogP contribution in [-0.4, -0.2) is 20.3 Å². The highest BCUT2D eigenvalue weighted by atomic mass is 32.1. The Balaban J connectivity index is 1.65. The van der Waals surface area contributed by atoms with Gasteiger partial charge in [0.1, 0.15) is 6.54 Å². The number of H-pyrrole nitrogens is 2. The van der Waals surface area contributed by atoms with Gasteiger partial charge in [-0.2, -0.15) is 0 Å². The summed E-state index contributed by atoms with van der Waals surface area (Å²) >= 11 is 5.10. The number of nitrogens with one attached hydrogen (secondary N) is 2. The number of carbonyl (C=O) groups excluding carboxylic acids is 1. The van der Waals surface area contributed by atoms with Crippen molar-refractivity contribution in [2.45, 2.75) is 25.4 Å². The molecule has 2 atom stereocenters. The maximum Gasteiger partial charge on any atom is 0.254 e. The van der Waals surface area contributed by atoms with Crippen molar-refractivity contribution >= 4 is 29.0 Å². The maximum absolute atomic E-state index is 14.6. The van der Waals surface area contributed by atoms with E-state index in [9.17, 15) is 14.7 Å². The molecule has 0 saturated carbocycles. The maximum atomic E-state index is 14.6. The number of ketones is 1. The lowest BCUT2D eigenvalue weighted by atomic mass is 9.81. The van der Waals surface area contributed by atoms with Crippen LogP contribution >= 0.6 is 12.2 Å². The first kappa shape index (κ1) is 27.1. The normalized spacial score (nSPS) is 12.7. The molecule has 42 heavy (non-hydrogen) atoms. The SMILES string of the molecule is Cc1ccc(C(c2c([O-])[nH]c(=S)[nH]c2=O)C(C(=O)c2ccccc2)n2c[n+](Cc3ccccc3)c3ccccc32)cc1. The number of aromatic amines is 2. The number of hydrogen-bond donors (Lipinski definition) is 2. The van der Waals surface area contributed by atoms with Gasteiger partial charge in [-0.1, -0.05) is 103 Å². The van der Waals surface area contributed by atoms with Gasteiger partial charge >= 0.3 is 0 Å². The first-order valence-corrected chi connectivity index (χ1v) is 14.0. The van der Waals surface area contributed by atoms with E-state index in [0.29, 0.717) is 17.7 Å². The van der Waals surface area contributed by atoms with Gasteiger partial charge in [-0.05, 0) is 48.3 Å². The zero-order valence-corrected chi connectivity index (χ0v) is 23.7. The van der Waals surface area contributed by atoms with Crippen LogP contribution in [-0.2, 0) is 6.54 Å². The van der Waals surface area contributed by atoms with Crippen LogP contribution in [0.25, 0.3) is 11.0 Å². The van der Waals surface area contributed by atoms with Crippen LogP contribution in [0.3, 0.4) is 0 Å². The summed E-state index contributed by atoms with van der Waals surface area (Å²) in [5.41, 5.74) is 4.27. The molecule has 4 aromatic carbocycles. The molecule has 0 amide bonds. The van der Waals surface area contributed by atoms with Gasteiger partial charge in [0.05, 0.1) is 5.92 Å². The third kappa shape index (κ3) is 5.20. The van der Waals surface area contributed by atoms with Crippen molar-refractivity contribution in [3.63, 3.8) is 0 Å². The summed E-state index contributed by atoms with van der Waals surface area (Å²) in [6, 6.07) is 33.5. The molecule has 0 fully saturated rings. The van der Waals surface area contributed by atoms with E-state index in [0.717, 1.165) is 22.2 Å². The second-order valence-corrected chi connectivity index (χ2v) is 10.7. The van der Waals surface area contributed by atoms with Gasteiger partial charge in [-0.25, -0.2) is 9.13 Å². The second kappa shape index (κ2) is 11.4. The largest absolute Gasteiger partial charge is 0.860 e. The Bertz CT molecular complexity index is 2000. The molecule has 0 aliphatic rings. The van der Waals surface area contributed by atoms with Crippen molar-refractivity contribution in [3.05, 3.63) is 158 Å². The van der Waals surface area contributed by atoms with E-state index in [1.165, 1.54) is 0 Å².